The molecule has 1 atom stereocenters. The van der Waals surface area contributed by atoms with Crippen LogP contribution < -0.4 is 10.5 Å². The highest BCUT2D eigenvalue weighted by molar-refractivity contribution is 5.53. The second kappa shape index (κ2) is 6.57. The van der Waals surface area contributed by atoms with Crippen LogP contribution in [0.25, 0.3) is 11.4 Å². The summed E-state index contributed by atoms with van der Waals surface area (Å²) in [5.74, 6) is -1.69. The van der Waals surface area contributed by atoms with Gasteiger partial charge in [-0.1, -0.05) is 23.4 Å². The number of hydrogen-bond acceptors (Lipinski definition) is 5. The van der Waals surface area contributed by atoms with E-state index < -0.39 is 12.1 Å². The first-order chi connectivity index (χ1) is 12.9. The second-order valence-electron chi connectivity index (χ2n) is 6.31. The van der Waals surface area contributed by atoms with Gasteiger partial charge in [-0.15, -0.1) is 0 Å². The van der Waals surface area contributed by atoms with Crippen molar-refractivity contribution in [3.05, 3.63) is 64.9 Å². The van der Waals surface area contributed by atoms with Gasteiger partial charge in [0.15, 0.2) is 0 Å². The highest BCUT2D eigenvalue weighted by Gasteiger charge is 2.38. The van der Waals surface area contributed by atoms with Gasteiger partial charge in [0.2, 0.25) is 5.82 Å². The Labute approximate surface area is 151 Å². The van der Waals surface area contributed by atoms with Crippen LogP contribution in [-0.4, -0.2) is 27.8 Å². The number of anilines is 1. The van der Waals surface area contributed by atoms with Crippen LogP contribution in [0.2, 0.25) is 0 Å². The Hall–Kier alpha value is -3.10. The molecule has 1 aliphatic heterocycles. The van der Waals surface area contributed by atoms with Crippen molar-refractivity contribution in [2.24, 2.45) is 0 Å². The van der Waals surface area contributed by atoms with Gasteiger partial charge in [0.05, 0.1) is 6.04 Å². The molecule has 1 aliphatic rings. The summed E-state index contributed by atoms with van der Waals surface area (Å²) in [5, 5.41) is 3.31. The lowest BCUT2D eigenvalue weighted by Crippen LogP contribution is -2.27. The SMILES string of the molecule is O=c1cc(-c2noc(C(F)(F)F)n2)ccn1C1CCN(c2ccccc2)C1. The lowest BCUT2D eigenvalue weighted by Gasteiger charge is -2.19. The van der Waals surface area contributed by atoms with E-state index in [4.69, 9.17) is 0 Å². The molecule has 0 spiro atoms. The van der Waals surface area contributed by atoms with E-state index in [2.05, 4.69) is 19.6 Å². The number of halogens is 3. The molecular weight excluding hydrogens is 361 g/mol. The first kappa shape index (κ1) is 17.3. The van der Waals surface area contributed by atoms with Crippen LogP contribution in [0.5, 0.6) is 0 Å². The summed E-state index contributed by atoms with van der Waals surface area (Å²) in [6.45, 7) is 1.51. The number of benzene rings is 1. The van der Waals surface area contributed by atoms with Crippen LogP contribution in [-0.2, 0) is 6.18 Å². The molecule has 3 heterocycles. The highest BCUT2D eigenvalue weighted by atomic mass is 19.4. The van der Waals surface area contributed by atoms with Gasteiger partial charge in [-0.3, -0.25) is 4.79 Å². The molecule has 3 aromatic rings. The van der Waals surface area contributed by atoms with Gasteiger partial charge in [0.25, 0.3) is 5.56 Å². The highest BCUT2D eigenvalue weighted by Crippen LogP contribution is 2.29. The normalized spacial score (nSPS) is 17.4. The number of nitrogens with zero attached hydrogens (tertiary/aromatic N) is 4. The molecule has 6 nitrogen and oxygen atoms in total. The summed E-state index contributed by atoms with van der Waals surface area (Å²) in [7, 11) is 0. The van der Waals surface area contributed by atoms with E-state index in [1.165, 1.54) is 12.1 Å². The third kappa shape index (κ3) is 3.44. The maximum atomic E-state index is 12.6. The summed E-state index contributed by atoms with van der Waals surface area (Å²) in [4.78, 5) is 18.0. The molecule has 1 saturated heterocycles. The molecule has 140 valence electrons. The lowest BCUT2D eigenvalue weighted by molar-refractivity contribution is -0.159. The smallest absolute Gasteiger partial charge is 0.369 e. The van der Waals surface area contributed by atoms with Gasteiger partial charge in [0.1, 0.15) is 0 Å². The molecule has 2 aromatic heterocycles. The molecule has 0 saturated carbocycles. The fourth-order valence-corrected chi connectivity index (χ4v) is 3.23. The quantitative estimate of drug-likeness (QED) is 0.701. The molecule has 9 heteroatoms. The molecular formula is C18H15F3N4O2. The van der Waals surface area contributed by atoms with Crippen molar-refractivity contribution in [3.8, 4) is 11.4 Å². The molecule has 27 heavy (non-hydrogen) atoms. The van der Waals surface area contributed by atoms with Crippen molar-refractivity contribution in [1.29, 1.82) is 0 Å². The van der Waals surface area contributed by atoms with Crippen LogP contribution in [0.3, 0.4) is 0 Å². The number of pyridine rings is 1. The summed E-state index contributed by atoms with van der Waals surface area (Å²) in [6, 6.07) is 12.7. The molecule has 0 aliphatic carbocycles. The van der Waals surface area contributed by atoms with Crippen molar-refractivity contribution in [3.63, 3.8) is 0 Å². The molecule has 0 amide bonds. The summed E-state index contributed by atoms with van der Waals surface area (Å²) in [5.41, 5.74) is 0.968. The van der Waals surface area contributed by atoms with E-state index in [1.54, 1.807) is 10.8 Å². The van der Waals surface area contributed by atoms with E-state index in [1.807, 2.05) is 30.3 Å². The summed E-state index contributed by atoms with van der Waals surface area (Å²) < 4.78 is 43.5. The average Bonchev–Trinajstić information content (AvgIpc) is 3.32. The molecule has 0 bridgehead atoms. The molecule has 1 aromatic carbocycles. The maximum absolute atomic E-state index is 12.6. The Bertz CT molecular complexity index is 998. The zero-order valence-corrected chi connectivity index (χ0v) is 14.1. The molecule has 1 unspecified atom stereocenters. The first-order valence-electron chi connectivity index (χ1n) is 8.35. The van der Waals surface area contributed by atoms with Crippen LogP contribution in [0, 0.1) is 0 Å². The van der Waals surface area contributed by atoms with E-state index >= 15 is 0 Å². The number of para-hydroxylation sites is 1. The maximum Gasteiger partial charge on any atom is 0.471 e. The van der Waals surface area contributed by atoms with Gasteiger partial charge in [-0.25, -0.2) is 0 Å². The Morgan fingerprint density at radius 1 is 1.15 bits per heavy atom. The van der Waals surface area contributed by atoms with Crippen LogP contribution in [0.15, 0.2) is 58.0 Å². The Kier molecular flexibility index (Phi) is 4.21. The largest absolute Gasteiger partial charge is 0.471 e. The third-order valence-corrected chi connectivity index (χ3v) is 4.55. The minimum Gasteiger partial charge on any atom is -0.369 e. The van der Waals surface area contributed by atoms with Gasteiger partial charge in [-0.2, -0.15) is 18.2 Å². The second-order valence-corrected chi connectivity index (χ2v) is 6.31. The van der Waals surface area contributed by atoms with Crippen molar-refractivity contribution >= 4 is 5.69 Å². The van der Waals surface area contributed by atoms with Gasteiger partial charge >= 0.3 is 12.1 Å². The predicted octanol–water partition coefficient (Wildman–Crippen LogP) is 3.37. The van der Waals surface area contributed by atoms with Crippen LogP contribution in [0.1, 0.15) is 18.4 Å². The van der Waals surface area contributed by atoms with E-state index in [0.29, 0.717) is 6.54 Å². The van der Waals surface area contributed by atoms with Gasteiger partial charge in [0, 0.05) is 36.6 Å². The molecule has 0 radical (unpaired) electrons. The average molecular weight is 376 g/mol. The van der Waals surface area contributed by atoms with Crippen molar-refractivity contribution in [1.82, 2.24) is 14.7 Å². The minimum atomic E-state index is -4.72. The van der Waals surface area contributed by atoms with Gasteiger partial charge < -0.3 is 14.0 Å². The fraction of sp³-hybridized carbons (Fsp3) is 0.278. The topological polar surface area (TPSA) is 64.2 Å². The zero-order valence-electron chi connectivity index (χ0n) is 14.1. The Balaban J connectivity index is 1.54. The molecule has 0 N–H and O–H groups in total. The summed E-state index contributed by atoms with van der Waals surface area (Å²) in [6.07, 6.45) is -2.35. The van der Waals surface area contributed by atoms with E-state index in [-0.39, 0.29) is 23.0 Å². The Morgan fingerprint density at radius 3 is 2.59 bits per heavy atom. The van der Waals surface area contributed by atoms with E-state index in [0.717, 1.165) is 18.7 Å². The van der Waals surface area contributed by atoms with E-state index in [9.17, 15) is 18.0 Å². The third-order valence-electron chi connectivity index (χ3n) is 4.55. The van der Waals surface area contributed by atoms with Crippen LogP contribution >= 0.6 is 0 Å². The Morgan fingerprint density at radius 2 is 1.93 bits per heavy atom. The van der Waals surface area contributed by atoms with Crippen molar-refractivity contribution < 1.29 is 17.7 Å². The number of aromatic nitrogens is 3. The fourth-order valence-electron chi connectivity index (χ4n) is 3.23. The van der Waals surface area contributed by atoms with Gasteiger partial charge in [-0.05, 0) is 24.6 Å². The van der Waals surface area contributed by atoms with Crippen LogP contribution in [0.4, 0.5) is 18.9 Å². The monoisotopic (exact) mass is 376 g/mol. The van der Waals surface area contributed by atoms with Crippen molar-refractivity contribution in [2.45, 2.75) is 18.6 Å². The standard InChI is InChI=1S/C18H15F3N4O2/c19-18(20,21)17-22-16(23-27-17)12-6-9-25(15(26)10-12)14-7-8-24(11-14)13-4-2-1-3-5-13/h1-6,9-10,14H,7-8,11H2. The first-order valence-corrected chi connectivity index (χ1v) is 8.35. The number of alkyl halides is 3. The lowest BCUT2D eigenvalue weighted by atomic mass is 10.2. The predicted molar refractivity (Wildman–Crippen MR) is 91.3 cm³/mol. The van der Waals surface area contributed by atoms with Crippen molar-refractivity contribution in [2.75, 3.05) is 18.0 Å². The minimum absolute atomic E-state index is 0.0113. The molecule has 1 fully saturated rings. The molecule has 4 rings (SSSR count). The summed E-state index contributed by atoms with van der Waals surface area (Å²) >= 11 is 0. The number of rotatable bonds is 3. The zero-order chi connectivity index (χ0) is 19.0. The number of hydrogen-bond donors (Lipinski definition) is 0.